The summed E-state index contributed by atoms with van der Waals surface area (Å²) < 4.78 is 0. The van der Waals surface area contributed by atoms with Crippen LogP contribution in [0.3, 0.4) is 0 Å². The first-order chi connectivity index (χ1) is 5.70. The molecule has 72 valence electrons. The highest BCUT2D eigenvalue weighted by molar-refractivity contribution is 5.85. The summed E-state index contributed by atoms with van der Waals surface area (Å²) in [5, 5.41) is 8.40. The number of carbonyl (C=O) groups is 1. The summed E-state index contributed by atoms with van der Waals surface area (Å²) in [4.78, 5) is 14.1. The first kappa shape index (κ1) is 11.7. The van der Waals surface area contributed by atoms with Crippen LogP contribution in [0.5, 0.6) is 0 Å². The monoisotopic (exact) mass is 202 g/mol. The maximum absolute atomic E-state index is 10.2. The van der Waals surface area contributed by atoms with Crippen LogP contribution in [0.25, 0.3) is 0 Å². The largest absolute Gasteiger partial charge is 0.481 e. The predicted molar refractivity (Wildman–Crippen MR) is 51.9 cm³/mol. The van der Waals surface area contributed by atoms with E-state index >= 15 is 0 Å². The lowest BCUT2D eigenvalue weighted by atomic mass is 10.1. The molecule has 0 aromatic carbocycles. The van der Waals surface area contributed by atoms with Crippen molar-refractivity contribution in [1.29, 1.82) is 0 Å². The van der Waals surface area contributed by atoms with Gasteiger partial charge in [-0.1, -0.05) is 6.07 Å². The van der Waals surface area contributed by atoms with Crippen LogP contribution in [0.2, 0.25) is 0 Å². The van der Waals surface area contributed by atoms with Crippen LogP contribution in [0.4, 0.5) is 5.82 Å². The zero-order valence-corrected chi connectivity index (χ0v) is 7.75. The number of nitrogen functional groups attached to an aromatic ring is 1. The van der Waals surface area contributed by atoms with E-state index in [1.165, 1.54) is 0 Å². The van der Waals surface area contributed by atoms with Crippen LogP contribution < -0.4 is 5.73 Å². The molecule has 0 saturated heterocycles. The fourth-order valence-electron chi connectivity index (χ4n) is 0.904. The van der Waals surface area contributed by atoms with E-state index in [0.717, 1.165) is 5.56 Å². The van der Waals surface area contributed by atoms with Crippen molar-refractivity contribution in [1.82, 2.24) is 4.98 Å². The van der Waals surface area contributed by atoms with Crippen LogP contribution in [0, 0.1) is 0 Å². The van der Waals surface area contributed by atoms with Crippen molar-refractivity contribution in [2.45, 2.75) is 12.8 Å². The van der Waals surface area contributed by atoms with Crippen molar-refractivity contribution in [3.63, 3.8) is 0 Å². The summed E-state index contributed by atoms with van der Waals surface area (Å²) in [6, 6.07) is 3.53. The summed E-state index contributed by atoms with van der Waals surface area (Å²) in [6.07, 6.45) is 2.12. The topological polar surface area (TPSA) is 76.2 Å². The normalized spacial score (nSPS) is 8.92. The highest BCUT2D eigenvalue weighted by Crippen LogP contribution is 2.08. The third-order valence-electron chi connectivity index (χ3n) is 1.53. The molecule has 0 spiro atoms. The van der Waals surface area contributed by atoms with Crippen molar-refractivity contribution >= 4 is 24.2 Å². The van der Waals surface area contributed by atoms with Gasteiger partial charge in [0.25, 0.3) is 0 Å². The van der Waals surface area contributed by atoms with Crippen molar-refractivity contribution in [2.24, 2.45) is 0 Å². The molecule has 0 aliphatic heterocycles. The van der Waals surface area contributed by atoms with Crippen LogP contribution in [0.15, 0.2) is 18.3 Å². The number of aromatic nitrogens is 1. The molecule has 13 heavy (non-hydrogen) atoms. The minimum atomic E-state index is -0.821. The Morgan fingerprint density at radius 3 is 2.85 bits per heavy atom. The fourth-order valence-corrected chi connectivity index (χ4v) is 0.904. The van der Waals surface area contributed by atoms with Gasteiger partial charge in [0.1, 0.15) is 5.82 Å². The van der Waals surface area contributed by atoms with Crippen LogP contribution in [-0.2, 0) is 11.2 Å². The van der Waals surface area contributed by atoms with Crippen LogP contribution in [-0.4, -0.2) is 16.1 Å². The van der Waals surface area contributed by atoms with Gasteiger partial charge in [0, 0.05) is 12.6 Å². The van der Waals surface area contributed by atoms with E-state index in [1.54, 1.807) is 18.3 Å². The second-order valence-corrected chi connectivity index (χ2v) is 2.44. The average molecular weight is 203 g/mol. The molecule has 0 atom stereocenters. The molecule has 0 amide bonds. The molecule has 1 aromatic heterocycles. The molecule has 4 nitrogen and oxygen atoms in total. The van der Waals surface area contributed by atoms with Gasteiger partial charge in [-0.3, -0.25) is 4.79 Å². The van der Waals surface area contributed by atoms with E-state index in [9.17, 15) is 4.79 Å². The maximum Gasteiger partial charge on any atom is 0.303 e. The number of hydrogen-bond acceptors (Lipinski definition) is 3. The Bertz CT molecular complexity index is 291. The molecule has 5 heteroatoms. The number of pyridine rings is 1. The summed E-state index contributed by atoms with van der Waals surface area (Å²) >= 11 is 0. The zero-order valence-electron chi connectivity index (χ0n) is 6.93. The number of carboxylic acids is 1. The van der Waals surface area contributed by atoms with Gasteiger partial charge in [0.2, 0.25) is 0 Å². The first-order valence-corrected chi connectivity index (χ1v) is 3.61. The maximum atomic E-state index is 10.2. The summed E-state index contributed by atoms with van der Waals surface area (Å²) in [5.74, 6) is -0.406. The Kier molecular flexibility index (Phi) is 4.84. The first-order valence-electron chi connectivity index (χ1n) is 3.61. The smallest absolute Gasteiger partial charge is 0.303 e. The van der Waals surface area contributed by atoms with Gasteiger partial charge in [0.05, 0.1) is 0 Å². The van der Waals surface area contributed by atoms with E-state index in [1.807, 2.05) is 0 Å². The van der Waals surface area contributed by atoms with E-state index in [-0.39, 0.29) is 18.8 Å². The van der Waals surface area contributed by atoms with Gasteiger partial charge in [-0.2, -0.15) is 0 Å². The third kappa shape index (κ3) is 3.75. The van der Waals surface area contributed by atoms with Gasteiger partial charge in [-0.25, -0.2) is 4.98 Å². The number of rotatable bonds is 3. The Labute approximate surface area is 82.2 Å². The van der Waals surface area contributed by atoms with Gasteiger partial charge in [0.15, 0.2) is 0 Å². The molecule has 1 rings (SSSR count). The number of hydrogen-bond donors (Lipinski definition) is 2. The SMILES string of the molecule is Cl.Nc1ncccc1CCC(=O)O. The van der Waals surface area contributed by atoms with E-state index < -0.39 is 5.97 Å². The van der Waals surface area contributed by atoms with Crippen LogP contribution in [0.1, 0.15) is 12.0 Å². The van der Waals surface area contributed by atoms with Crippen molar-refractivity contribution in [3.05, 3.63) is 23.9 Å². The van der Waals surface area contributed by atoms with E-state index in [4.69, 9.17) is 10.8 Å². The lowest BCUT2D eigenvalue weighted by molar-refractivity contribution is -0.136. The quantitative estimate of drug-likeness (QED) is 0.770. The van der Waals surface area contributed by atoms with E-state index in [0.29, 0.717) is 12.2 Å². The Hall–Kier alpha value is -1.29. The molecule has 0 radical (unpaired) electrons. The van der Waals surface area contributed by atoms with Crippen molar-refractivity contribution in [3.8, 4) is 0 Å². The molecule has 0 bridgehead atoms. The van der Waals surface area contributed by atoms with Gasteiger partial charge < -0.3 is 10.8 Å². The third-order valence-corrected chi connectivity index (χ3v) is 1.53. The van der Waals surface area contributed by atoms with Crippen molar-refractivity contribution in [2.75, 3.05) is 5.73 Å². The van der Waals surface area contributed by atoms with Gasteiger partial charge >= 0.3 is 5.97 Å². The second kappa shape index (κ2) is 5.37. The second-order valence-electron chi connectivity index (χ2n) is 2.44. The summed E-state index contributed by atoms with van der Waals surface area (Å²) in [5.41, 5.74) is 6.29. The molecular weight excluding hydrogens is 192 g/mol. The Morgan fingerprint density at radius 1 is 1.62 bits per heavy atom. The lowest BCUT2D eigenvalue weighted by Crippen LogP contribution is -2.01. The standard InChI is InChI=1S/C8H10N2O2.ClH/c9-8-6(2-1-5-10-8)3-4-7(11)12;/h1-2,5H,3-4H2,(H2,9,10)(H,11,12);1H. The number of aryl methyl sites for hydroxylation is 1. The van der Waals surface area contributed by atoms with Gasteiger partial charge in [-0.15, -0.1) is 12.4 Å². The number of aliphatic carboxylic acids is 1. The summed E-state index contributed by atoms with van der Waals surface area (Å²) in [7, 11) is 0. The Morgan fingerprint density at radius 2 is 2.31 bits per heavy atom. The predicted octanol–water partition coefficient (Wildman–Crippen LogP) is 1.10. The molecule has 0 aliphatic rings. The molecule has 1 aromatic rings. The number of carboxylic acid groups (broad SMARTS) is 1. The van der Waals surface area contributed by atoms with Gasteiger partial charge in [-0.05, 0) is 18.1 Å². The fraction of sp³-hybridized carbons (Fsp3) is 0.250. The highest BCUT2D eigenvalue weighted by Gasteiger charge is 2.01. The number of halogens is 1. The van der Waals surface area contributed by atoms with Crippen LogP contribution >= 0.6 is 12.4 Å². The average Bonchev–Trinajstić information content (AvgIpc) is 2.03. The highest BCUT2D eigenvalue weighted by atomic mass is 35.5. The molecule has 1 heterocycles. The molecule has 0 fully saturated rings. The minimum absolute atomic E-state index is 0. The molecule has 0 unspecified atom stereocenters. The Balaban J connectivity index is 0.00000144. The summed E-state index contributed by atoms with van der Waals surface area (Å²) in [6.45, 7) is 0. The number of nitrogens with two attached hydrogens (primary N) is 1. The van der Waals surface area contributed by atoms with E-state index in [2.05, 4.69) is 4.98 Å². The molecular formula is C8H11ClN2O2. The number of anilines is 1. The molecule has 0 aliphatic carbocycles. The minimum Gasteiger partial charge on any atom is -0.481 e. The lowest BCUT2D eigenvalue weighted by Gasteiger charge is -2.00. The zero-order chi connectivity index (χ0) is 8.97. The number of nitrogens with zero attached hydrogens (tertiary/aromatic N) is 1. The molecule has 0 saturated carbocycles. The molecule has 3 N–H and O–H groups in total. The van der Waals surface area contributed by atoms with Crippen molar-refractivity contribution < 1.29 is 9.90 Å².